The molecule has 0 heterocycles. The summed E-state index contributed by atoms with van der Waals surface area (Å²) in [6.45, 7) is 0. The van der Waals surface area contributed by atoms with E-state index in [1.807, 2.05) is 0 Å². The Hall–Kier alpha value is -0.530. The molecule has 1 N–H and O–H groups in total. The maximum atomic E-state index is 10.6. The fraction of sp³-hybridized carbons (Fsp3) is 0.889. The van der Waals surface area contributed by atoms with Crippen LogP contribution in [0.4, 0.5) is 0 Å². The topological polar surface area (TPSA) is 37.3 Å². The quantitative estimate of drug-likeness (QED) is 0.633. The van der Waals surface area contributed by atoms with E-state index in [0.29, 0.717) is 0 Å². The molecular weight excluding hydrogens is 140 g/mol. The Labute approximate surface area is 67.6 Å². The first-order valence-corrected chi connectivity index (χ1v) is 4.53. The van der Waals surface area contributed by atoms with Gasteiger partial charge in [0.05, 0.1) is 5.92 Å². The van der Waals surface area contributed by atoms with Gasteiger partial charge in [0.1, 0.15) is 0 Å². The van der Waals surface area contributed by atoms with Gasteiger partial charge in [0.2, 0.25) is 0 Å². The molecule has 1 aliphatic carbocycles. The molecule has 0 aromatic heterocycles. The maximum absolute atomic E-state index is 10.6. The Morgan fingerprint density at radius 2 is 1.45 bits per heavy atom. The molecule has 11 heavy (non-hydrogen) atoms. The summed E-state index contributed by atoms with van der Waals surface area (Å²) in [5.41, 5.74) is 0. The average Bonchev–Trinajstić information content (AvgIpc) is 1.84. The van der Waals surface area contributed by atoms with Crippen LogP contribution in [0.15, 0.2) is 0 Å². The molecule has 0 aromatic rings. The summed E-state index contributed by atoms with van der Waals surface area (Å²) in [5.74, 6) is -0.637. The molecule has 0 bridgehead atoms. The minimum absolute atomic E-state index is 0.0460. The standard InChI is InChI=1S/C9H16O2/c10-9(11)8-6-4-2-1-3-5-7-8/h8H,1-7H2,(H,10,11). The second-order valence-electron chi connectivity index (χ2n) is 3.38. The van der Waals surface area contributed by atoms with Gasteiger partial charge >= 0.3 is 5.97 Å². The molecule has 0 aromatic carbocycles. The summed E-state index contributed by atoms with van der Waals surface area (Å²) in [5, 5.41) is 8.76. The monoisotopic (exact) mass is 156 g/mol. The fourth-order valence-electron chi connectivity index (χ4n) is 1.70. The largest absolute Gasteiger partial charge is 0.481 e. The van der Waals surface area contributed by atoms with Crippen molar-refractivity contribution in [2.24, 2.45) is 5.92 Å². The minimum atomic E-state index is -0.591. The van der Waals surface area contributed by atoms with Crippen LogP contribution in [0.2, 0.25) is 0 Å². The predicted octanol–water partition coefficient (Wildman–Crippen LogP) is 2.43. The van der Waals surface area contributed by atoms with Gasteiger partial charge in [-0.25, -0.2) is 0 Å². The van der Waals surface area contributed by atoms with E-state index in [9.17, 15) is 4.79 Å². The summed E-state index contributed by atoms with van der Waals surface area (Å²) in [7, 11) is 0. The Kier molecular flexibility index (Phi) is 3.40. The zero-order valence-corrected chi connectivity index (χ0v) is 6.88. The first-order valence-electron chi connectivity index (χ1n) is 4.53. The summed E-state index contributed by atoms with van der Waals surface area (Å²) in [6, 6.07) is 0. The smallest absolute Gasteiger partial charge is 0.306 e. The van der Waals surface area contributed by atoms with Gasteiger partial charge in [0.15, 0.2) is 0 Å². The molecule has 1 aliphatic rings. The Bertz CT molecular complexity index is 124. The zero-order valence-electron chi connectivity index (χ0n) is 6.88. The van der Waals surface area contributed by atoms with Crippen LogP contribution in [0, 0.1) is 5.92 Å². The van der Waals surface area contributed by atoms with Crippen LogP contribution in [0.25, 0.3) is 0 Å². The van der Waals surface area contributed by atoms with Crippen molar-refractivity contribution in [3.63, 3.8) is 0 Å². The molecule has 2 heteroatoms. The molecule has 0 aliphatic heterocycles. The van der Waals surface area contributed by atoms with Crippen molar-refractivity contribution in [2.75, 3.05) is 0 Å². The number of hydrogen-bond donors (Lipinski definition) is 1. The summed E-state index contributed by atoms with van der Waals surface area (Å²) in [6.07, 6.45) is 7.76. The second kappa shape index (κ2) is 4.37. The van der Waals surface area contributed by atoms with E-state index in [0.717, 1.165) is 25.7 Å². The lowest BCUT2D eigenvalue weighted by atomic mass is 9.91. The third-order valence-electron chi connectivity index (χ3n) is 2.45. The number of carboxylic acid groups (broad SMARTS) is 1. The van der Waals surface area contributed by atoms with Crippen molar-refractivity contribution in [1.29, 1.82) is 0 Å². The van der Waals surface area contributed by atoms with Crippen molar-refractivity contribution in [3.8, 4) is 0 Å². The van der Waals surface area contributed by atoms with E-state index in [1.165, 1.54) is 19.3 Å². The molecule has 2 nitrogen and oxygen atoms in total. The van der Waals surface area contributed by atoms with Crippen molar-refractivity contribution in [1.82, 2.24) is 0 Å². The normalized spacial score (nSPS) is 22.2. The van der Waals surface area contributed by atoms with Gasteiger partial charge in [-0.2, -0.15) is 0 Å². The van der Waals surface area contributed by atoms with Crippen molar-refractivity contribution >= 4 is 5.97 Å². The molecule has 1 saturated carbocycles. The van der Waals surface area contributed by atoms with Gasteiger partial charge in [0, 0.05) is 0 Å². The second-order valence-corrected chi connectivity index (χ2v) is 3.38. The Morgan fingerprint density at radius 3 is 1.91 bits per heavy atom. The van der Waals surface area contributed by atoms with Crippen molar-refractivity contribution in [2.45, 2.75) is 44.9 Å². The lowest BCUT2D eigenvalue weighted by Crippen LogP contribution is -2.14. The first kappa shape index (κ1) is 8.57. The van der Waals surface area contributed by atoms with E-state index < -0.39 is 5.97 Å². The van der Waals surface area contributed by atoms with Gasteiger partial charge < -0.3 is 5.11 Å². The first-order chi connectivity index (χ1) is 5.30. The lowest BCUT2D eigenvalue weighted by Gasteiger charge is -2.14. The highest BCUT2D eigenvalue weighted by atomic mass is 16.4. The molecule has 1 fully saturated rings. The minimum Gasteiger partial charge on any atom is -0.481 e. The van der Waals surface area contributed by atoms with Gasteiger partial charge in [0.25, 0.3) is 0 Å². The number of carboxylic acids is 1. The predicted molar refractivity (Wildman–Crippen MR) is 43.4 cm³/mol. The van der Waals surface area contributed by atoms with E-state index in [4.69, 9.17) is 5.11 Å². The highest BCUT2D eigenvalue weighted by molar-refractivity contribution is 5.69. The van der Waals surface area contributed by atoms with Gasteiger partial charge in [-0.3, -0.25) is 4.79 Å². The summed E-state index contributed by atoms with van der Waals surface area (Å²) >= 11 is 0. The Balaban J connectivity index is 2.32. The molecule has 64 valence electrons. The lowest BCUT2D eigenvalue weighted by molar-refractivity contribution is -0.142. The van der Waals surface area contributed by atoms with E-state index in [-0.39, 0.29) is 5.92 Å². The molecule has 0 saturated heterocycles. The molecular formula is C9H16O2. The summed E-state index contributed by atoms with van der Waals surface area (Å²) < 4.78 is 0. The molecule has 0 radical (unpaired) electrons. The van der Waals surface area contributed by atoms with E-state index >= 15 is 0 Å². The van der Waals surface area contributed by atoms with Crippen LogP contribution in [-0.2, 0) is 4.79 Å². The SMILES string of the molecule is O=C(O)C1CCCCCCC1. The van der Waals surface area contributed by atoms with Crippen LogP contribution in [0.1, 0.15) is 44.9 Å². The highest BCUT2D eigenvalue weighted by Crippen LogP contribution is 2.21. The molecule has 0 spiro atoms. The van der Waals surface area contributed by atoms with Crippen LogP contribution >= 0.6 is 0 Å². The summed E-state index contributed by atoms with van der Waals surface area (Å²) in [4.78, 5) is 10.6. The fourth-order valence-corrected chi connectivity index (χ4v) is 1.70. The van der Waals surface area contributed by atoms with Gasteiger partial charge in [-0.15, -0.1) is 0 Å². The molecule has 1 rings (SSSR count). The van der Waals surface area contributed by atoms with E-state index in [2.05, 4.69) is 0 Å². The number of rotatable bonds is 1. The van der Waals surface area contributed by atoms with Crippen LogP contribution in [0.5, 0.6) is 0 Å². The average molecular weight is 156 g/mol. The molecule has 0 unspecified atom stereocenters. The van der Waals surface area contributed by atoms with Crippen LogP contribution in [0.3, 0.4) is 0 Å². The molecule has 0 amide bonds. The maximum Gasteiger partial charge on any atom is 0.306 e. The number of aliphatic carboxylic acids is 1. The van der Waals surface area contributed by atoms with E-state index in [1.54, 1.807) is 0 Å². The highest BCUT2D eigenvalue weighted by Gasteiger charge is 2.17. The number of carbonyl (C=O) groups is 1. The Morgan fingerprint density at radius 1 is 1.00 bits per heavy atom. The molecule has 0 atom stereocenters. The van der Waals surface area contributed by atoms with Gasteiger partial charge in [-0.05, 0) is 12.8 Å². The van der Waals surface area contributed by atoms with Crippen molar-refractivity contribution in [3.05, 3.63) is 0 Å². The third-order valence-corrected chi connectivity index (χ3v) is 2.45. The van der Waals surface area contributed by atoms with Crippen molar-refractivity contribution < 1.29 is 9.90 Å². The third kappa shape index (κ3) is 2.91. The van der Waals surface area contributed by atoms with Gasteiger partial charge in [-0.1, -0.05) is 32.1 Å². The number of hydrogen-bond acceptors (Lipinski definition) is 1. The van der Waals surface area contributed by atoms with Crippen LogP contribution in [-0.4, -0.2) is 11.1 Å². The zero-order chi connectivity index (χ0) is 8.10. The van der Waals surface area contributed by atoms with Crippen LogP contribution < -0.4 is 0 Å².